The molecule has 13 heavy (non-hydrogen) atoms. The van der Waals surface area contributed by atoms with E-state index < -0.39 is 0 Å². The smallest absolute Gasteiger partial charge is 0.130 e. The lowest BCUT2D eigenvalue weighted by Gasteiger charge is -2.11. The number of nitriles is 2. The lowest BCUT2D eigenvalue weighted by atomic mass is 10.1. The van der Waals surface area contributed by atoms with Gasteiger partial charge < -0.3 is 0 Å². The minimum absolute atomic E-state index is 0.336. The SMILES string of the molecule is N#CC(C#N)=C1CCN(C2CC2)C1. The van der Waals surface area contributed by atoms with E-state index in [1.807, 2.05) is 12.1 Å². The van der Waals surface area contributed by atoms with Gasteiger partial charge in [0.1, 0.15) is 17.7 Å². The van der Waals surface area contributed by atoms with Crippen molar-refractivity contribution < 1.29 is 0 Å². The predicted octanol–water partition coefficient (Wildman–Crippen LogP) is 1.20. The number of hydrogen-bond donors (Lipinski definition) is 0. The largest absolute Gasteiger partial charge is 0.296 e. The molecule has 0 atom stereocenters. The highest BCUT2D eigenvalue weighted by Gasteiger charge is 2.32. The fourth-order valence-corrected chi connectivity index (χ4v) is 1.82. The summed E-state index contributed by atoms with van der Waals surface area (Å²) in [5.41, 5.74) is 1.38. The van der Waals surface area contributed by atoms with Crippen LogP contribution < -0.4 is 0 Å². The fourth-order valence-electron chi connectivity index (χ4n) is 1.82. The molecule has 0 radical (unpaired) electrons. The average Bonchev–Trinajstić information content (AvgIpc) is 2.89. The van der Waals surface area contributed by atoms with Crippen LogP contribution in [0, 0.1) is 22.7 Å². The van der Waals surface area contributed by atoms with Crippen LogP contribution in [-0.2, 0) is 0 Å². The zero-order valence-electron chi connectivity index (χ0n) is 7.45. The number of nitrogens with zero attached hydrogens (tertiary/aromatic N) is 3. The van der Waals surface area contributed by atoms with Crippen LogP contribution in [0.4, 0.5) is 0 Å². The summed E-state index contributed by atoms with van der Waals surface area (Å²) < 4.78 is 0. The maximum absolute atomic E-state index is 8.68. The number of rotatable bonds is 1. The highest BCUT2D eigenvalue weighted by atomic mass is 15.2. The molecule has 2 rings (SSSR count). The topological polar surface area (TPSA) is 50.8 Å². The van der Waals surface area contributed by atoms with Crippen LogP contribution in [0.3, 0.4) is 0 Å². The Morgan fingerprint density at radius 2 is 2.00 bits per heavy atom. The molecule has 1 aliphatic heterocycles. The van der Waals surface area contributed by atoms with E-state index in [4.69, 9.17) is 10.5 Å². The molecule has 1 heterocycles. The summed E-state index contributed by atoms with van der Waals surface area (Å²) in [4.78, 5) is 2.38. The first kappa shape index (κ1) is 8.29. The van der Waals surface area contributed by atoms with Crippen LogP contribution in [0.2, 0.25) is 0 Å². The van der Waals surface area contributed by atoms with Gasteiger partial charge in [-0.25, -0.2) is 0 Å². The molecule has 0 amide bonds. The van der Waals surface area contributed by atoms with E-state index in [1.54, 1.807) is 0 Å². The van der Waals surface area contributed by atoms with E-state index in [2.05, 4.69) is 4.90 Å². The number of hydrogen-bond acceptors (Lipinski definition) is 3. The van der Waals surface area contributed by atoms with Crippen molar-refractivity contribution >= 4 is 0 Å². The van der Waals surface area contributed by atoms with Crippen molar-refractivity contribution in [2.45, 2.75) is 25.3 Å². The van der Waals surface area contributed by atoms with Crippen LogP contribution >= 0.6 is 0 Å². The first-order valence-electron chi connectivity index (χ1n) is 4.61. The van der Waals surface area contributed by atoms with Crippen molar-refractivity contribution in [3.63, 3.8) is 0 Å². The molecule has 0 aromatic carbocycles. The van der Waals surface area contributed by atoms with Crippen LogP contribution in [-0.4, -0.2) is 24.0 Å². The Morgan fingerprint density at radius 3 is 2.54 bits per heavy atom. The Kier molecular flexibility index (Phi) is 2.04. The van der Waals surface area contributed by atoms with Crippen molar-refractivity contribution in [2.24, 2.45) is 0 Å². The average molecular weight is 173 g/mol. The monoisotopic (exact) mass is 173 g/mol. The summed E-state index contributed by atoms with van der Waals surface area (Å²) in [5, 5.41) is 17.4. The zero-order chi connectivity index (χ0) is 9.26. The van der Waals surface area contributed by atoms with Gasteiger partial charge in [-0.1, -0.05) is 0 Å². The molecular weight excluding hydrogens is 162 g/mol. The van der Waals surface area contributed by atoms with Gasteiger partial charge >= 0.3 is 0 Å². The molecule has 1 saturated heterocycles. The minimum Gasteiger partial charge on any atom is -0.296 e. The van der Waals surface area contributed by atoms with E-state index >= 15 is 0 Å². The van der Waals surface area contributed by atoms with Crippen molar-refractivity contribution in [2.75, 3.05) is 13.1 Å². The lowest BCUT2D eigenvalue weighted by molar-refractivity contribution is 0.334. The second kappa shape index (κ2) is 3.20. The maximum atomic E-state index is 8.68. The van der Waals surface area contributed by atoms with Gasteiger partial charge in [-0.15, -0.1) is 0 Å². The standard InChI is InChI=1S/C10H11N3/c11-5-9(6-12)8-3-4-13(7-8)10-1-2-10/h10H,1-4,7H2. The normalized spacial score (nSPS) is 22.5. The fraction of sp³-hybridized carbons (Fsp3) is 0.600. The molecule has 0 bridgehead atoms. The Hall–Kier alpha value is -1.32. The van der Waals surface area contributed by atoms with Crippen molar-refractivity contribution in [3.05, 3.63) is 11.1 Å². The van der Waals surface area contributed by atoms with Crippen molar-refractivity contribution in [3.8, 4) is 12.1 Å². The second-order valence-electron chi connectivity index (χ2n) is 3.65. The predicted molar refractivity (Wildman–Crippen MR) is 47.5 cm³/mol. The van der Waals surface area contributed by atoms with Gasteiger partial charge in [0.05, 0.1) is 0 Å². The third-order valence-corrected chi connectivity index (χ3v) is 2.74. The molecule has 66 valence electrons. The molecule has 3 heteroatoms. The van der Waals surface area contributed by atoms with Crippen LogP contribution in [0.15, 0.2) is 11.1 Å². The number of allylic oxidation sites excluding steroid dienone is 1. The van der Waals surface area contributed by atoms with Crippen LogP contribution in [0.5, 0.6) is 0 Å². The third kappa shape index (κ3) is 1.56. The Balaban J connectivity index is 2.09. The van der Waals surface area contributed by atoms with Crippen LogP contribution in [0.1, 0.15) is 19.3 Å². The molecule has 0 aromatic heterocycles. The molecular formula is C10H11N3. The quantitative estimate of drug-likeness (QED) is 0.560. The summed E-state index contributed by atoms with van der Waals surface area (Å²) in [5.74, 6) is 0. The molecule has 2 aliphatic rings. The highest BCUT2D eigenvalue weighted by molar-refractivity contribution is 5.41. The van der Waals surface area contributed by atoms with Gasteiger partial charge in [-0.05, 0) is 24.8 Å². The van der Waals surface area contributed by atoms with E-state index in [-0.39, 0.29) is 0 Å². The minimum atomic E-state index is 0.336. The highest BCUT2D eigenvalue weighted by Crippen LogP contribution is 2.32. The number of likely N-dealkylation sites (tertiary alicyclic amines) is 1. The molecule has 2 fully saturated rings. The summed E-state index contributed by atoms with van der Waals surface area (Å²) >= 11 is 0. The van der Waals surface area contributed by atoms with Gasteiger partial charge in [0, 0.05) is 19.1 Å². The molecule has 1 saturated carbocycles. The van der Waals surface area contributed by atoms with E-state index in [0.717, 1.165) is 31.1 Å². The van der Waals surface area contributed by atoms with Crippen molar-refractivity contribution in [1.29, 1.82) is 10.5 Å². The van der Waals surface area contributed by atoms with Gasteiger partial charge in [0.15, 0.2) is 0 Å². The Morgan fingerprint density at radius 1 is 1.31 bits per heavy atom. The second-order valence-corrected chi connectivity index (χ2v) is 3.65. The zero-order valence-corrected chi connectivity index (χ0v) is 7.45. The molecule has 1 aliphatic carbocycles. The summed E-state index contributed by atoms with van der Waals surface area (Å²) in [7, 11) is 0. The lowest BCUT2D eigenvalue weighted by Crippen LogP contribution is -2.21. The van der Waals surface area contributed by atoms with Gasteiger partial charge in [-0.3, -0.25) is 4.90 Å². The van der Waals surface area contributed by atoms with Gasteiger partial charge in [-0.2, -0.15) is 10.5 Å². The van der Waals surface area contributed by atoms with Crippen molar-refractivity contribution in [1.82, 2.24) is 4.90 Å². The van der Waals surface area contributed by atoms with E-state index in [1.165, 1.54) is 12.8 Å². The summed E-state index contributed by atoms with van der Waals surface area (Å²) in [6.07, 6.45) is 3.50. The molecule has 0 aromatic rings. The maximum Gasteiger partial charge on any atom is 0.130 e. The third-order valence-electron chi connectivity index (χ3n) is 2.74. The first-order valence-corrected chi connectivity index (χ1v) is 4.61. The Bertz CT molecular complexity index is 309. The Labute approximate surface area is 77.9 Å². The van der Waals surface area contributed by atoms with Gasteiger partial charge in [0.25, 0.3) is 0 Å². The molecule has 0 unspecified atom stereocenters. The van der Waals surface area contributed by atoms with Crippen LogP contribution in [0.25, 0.3) is 0 Å². The van der Waals surface area contributed by atoms with E-state index in [9.17, 15) is 0 Å². The first-order chi connectivity index (χ1) is 6.35. The van der Waals surface area contributed by atoms with E-state index in [0.29, 0.717) is 5.57 Å². The molecule has 0 spiro atoms. The molecule has 0 N–H and O–H groups in total. The molecule has 3 nitrogen and oxygen atoms in total. The van der Waals surface area contributed by atoms with Gasteiger partial charge in [0.2, 0.25) is 0 Å². The summed E-state index contributed by atoms with van der Waals surface area (Å²) in [6.45, 7) is 1.88. The summed E-state index contributed by atoms with van der Waals surface area (Å²) in [6, 6.07) is 4.68.